The van der Waals surface area contributed by atoms with Crippen LogP contribution in [0, 0.1) is 6.92 Å². The number of carbonyl (C=O) groups excluding carboxylic acids is 2. The number of hydrogen-bond acceptors (Lipinski definition) is 4. The zero-order valence-corrected chi connectivity index (χ0v) is 15.4. The Morgan fingerprint density at radius 3 is 2.67 bits per heavy atom. The first-order valence-electron chi connectivity index (χ1n) is 8.59. The third kappa shape index (κ3) is 4.23. The number of methoxy groups -OCH3 is 1. The molecule has 3 rings (SSSR count). The van der Waals surface area contributed by atoms with E-state index in [4.69, 9.17) is 4.74 Å². The summed E-state index contributed by atoms with van der Waals surface area (Å²) in [5.74, 6) is -0.773. The average molecular weight is 363 g/mol. The molecule has 27 heavy (non-hydrogen) atoms. The molecule has 2 aromatic carbocycles. The quantitative estimate of drug-likeness (QED) is 0.697. The maximum absolute atomic E-state index is 12.3. The summed E-state index contributed by atoms with van der Waals surface area (Å²) in [6, 6.07) is 14.3. The van der Waals surface area contributed by atoms with Crippen LogP contribution in [0.1, 0.15) is 24.1 Å². The molecule has 138 valence electrons. The number of amides is 2. The van der Waals surface area contributed by atoms with Crippen molar-refractivity contribution in [3.05, 3.63) is 65.9 Å². The van der Waals surface area contributed by atoms with Crippen LogP contribution in [0.15, 0.2) is 54.7 Å². The molecule has 1 atom stereocenters. The van der Waals surface area contributed by atoms with Crippen molar-refractivity contribution in [3.63, 3.8) is 0 Å². The van der Waals surface area contributed by atoms with E-state index in [9.17, 15) is 9.59 Å². The van der Waals surface area contributed by atoms with E-state index in [-0.39, 0.29) is 6.04 Å². The number of nitrogens with zero attached hydrogens (tertiary/aromatic N) is 1. The van der Waals surface area contributed by atoms with Crippen LogP contribution >= 0.6 is 0 Å². The molecule has 1 heterocycles. The SMILES string of the molecule is COc1ccc(C)cc1[C@H](C)NC(=O)C(=O)Nc1ccc2ncccc2c1. The van der Waals surface area contributed by atoms with Crippen molar-refractivity contribution in [2.45, 2.75) is 19.9 Å². The van der Waals surface area contributed by atoms with Crippen molar-refractivity contribution in [3.8, 4) is 5.75 Å². The molecule has 0 aliphatic heterocycles. The maximum Gasteiger partial charge on any atom is 0.313 e. The maximum atomic E-state index is 12.3. The van der Waals surface area contributed by atoms with Crippen molar-refractivity contribution < 1.29 is 14.3 Å². The largest absolute Gasteiger partial charge is 0.496 e. The first-order chi connectivity index (χ1) is 13.0. The number of carbonyl (C=O) groups is 2. The van der Waals surface area contributed by atoms with Crippen LogP contribution in [-0.4, -0.2) is 23.9 Å². The van der Waals surface area contributed by atoms with Crippen LogP contribution in [0.5, 0.6) is 5.75 Å². The van der Waals surface area contributed by atoms with Gasteiger partial charge >= 0.3 is 11.8 Å². The van der Waals surface area contributed by atoms with Gasteiger partial charge < -0.3 is 15.4 Å². The lowest BCUT2D eigenvalue weighted by Gasteiger charge is -2.17. The normalized spacial score (nSPS) is 11.7. The van der Waals surface area contributed by atoms with E-state index in [2.05, 4.69) is 15.6 Å². The lowest BCUT2D eigenvalue weighted by Crippen LogP contribution is -2.37. The third-order valence-corrected chi connectivity index (χ3v) is 4.27. The highest BCUT2D eigenvalue weighted by Gasteiger charge is 2.19. The van der Waals surface area contributed by atoms with E-state index in [0.717, 1.165) is 22.0 Å². The van der Waals surface area contributed by atoms with Crippen LogP contribution in [-0.2, 0) is 9.59 Å². The lowest BCUT2D eigenvalue weighted by molar-refractivity contribution is -0.136. The fourth-order valence-corrected chi connectivity index (χ4v) is 2.87. The Morgan fingerprint density at radius 2 is 1.89 bits per heavy atom. The molecule has 0 spiro atoms. The summed E-state index contributed by atoms with van der Waals surface area (Å²) in [6.45, 7) is 3.77. The van der Waals surface area contributed by atoms with Crippen LogP contribution in [0.4, 0.5) is 5.69 Å². The molecule has 0 saturated heterocycles. The predicted molar refractivity (Wildman–Crippen MR) is 105 cm³/mol. The average Bonchev–Trinajstić information content (AvgIpc) is 2.67. The Morgan fingerprint density at radius 1 is 1.07 bits per heavy atom. The molecule has 1 aromatic heterocycles. The van der Waals surface area contributed by atoms with Gasteiger partial charge in [0.2, 0.25) is 0 Å². The number of nitrogens with one attached hydrogen (secondary N) is 2. The summed E-state index contributed by atoms with van der Waals surface area (Å²) in [7, 11) is 1.57. The molecule has 0 unspecified atom stereocenters. The van der Waals surface area contributed by atoms with Gasteiger partial charge in [-0.1, -0.05) is 23.8 Å². The van der Waals surface area contributed by atoms with Crippen LogP contribution in [0.2, 0.25) is 0 Å². The molecule has 2 amide bonds. The van der Waals surface area contributed by atoms with E-state index >= 15 is 0 Å². The Labute approximate surface area is 157 Å². The fraction of sp³-hybridized carbons (Fsp3) is 0.190. The highest BCUT2D eigenvalue weighted by atomic mass is 16.5. The molecule has 0 radical (unpaired) electrons. The molecule has 0 saturated carbocycles. The number of fused-ring (bicyclic) bond motifs is 1. The summed E-state index contributed by atoms with van der Waals surface area (Å²) >= 11 is 0. The third-order valence-electron chi connectivity index (χ3n) is 4.27. The lowest BCUT2D eigenvalue weighted by atomic mass is 10.0. The number of pyridine rings is 1. The second kappa shape index (κ2) is 7.86. The van der Waals surface area contributed by atoms with Crippen molar-refractivity contribution in [2.24, 2.45) is 0 Å². The molecule has 6 heteroatoms. The number of aryl methyl sites for hydroxylation is 1. The van der Waals surface area contributed by atoms with E-state index in [1.807, 2.05) is 44.2 Å². The molecule has 3 aromatic rings. The van der Waals surface area contributed by atoms with E-state index in [1.165, 1.54) is 0 Å². The molecular formula is C21H21N3O3. The predicted octanol–water partition coefficient (Wildman–Crippen LogP) is 3.37. The minimum Gasteiger partial charge on any atom is -0.496 e. The zero-order valence-electron chi connectivity index (χ0n) is 15.4. The molecule has 0 fully saturated rings. The van der Waals surface area contributed by atoms with Gasteiger partial charge in [0.1, 0.15) is 5.75 Å². The Kier molecular flexibility index (Phi) is 5.35. The highest BCUT2D eigenvalue weighted by molar-refractivity contribution is 6.39. The summed E-state index contributed by atoms with van der Waals surface area (Å²) in [4.78, 5) is 28.8. The number of aromatic nitrogens is 1. The molecule has 0 bridgehead atoms. The molecule has 0 aliphatic carbocycles. The van der Waals surface area contributed by atoms with Gasteiger partial charge in [0.15, 0.2) is 0 Å². The minimum absolute atomic E-state index is 0.376. The fourth-order valence-electron chi connectivity index (χ4n) is 2.87. The second-order valence-corrected chi connectivity index (χ2v) is 6.31. The second-order valence-electron chi connectivity index (χ2n) is 6.31. The molecule has 2 N–H and O–H groups in total. The summed E-state index contributed by atoms with van der Waals surface area (Å²) in [5, 5.41) is 6.22. The first-order valence-corrected chi connectivity index (χ1v) is 8.59. The minimum atomic E-state index is -0.725. The van der Waals surface area contributed by atoms with Crippen molar-refractivity contribution in [2.75, 3.05) is 12.4 Å². The number of benzene rings is 2. The molecule has 0 aliphatic rings. The summed E-state index contributed by atoms with van der Waals surface area (Å²) in [5.41, 5.74) is 3.22. The van der Waals surface area contributed by atoms with Gasteiger partial charge in [0.25, 0.3) is 0 Å². The van der Waals surface area contributed by atoms with Gasteiger partial charge in [-0.05, 0) is 44.2 Å². The number of hydrogen-bond donors (Lipinski definition) is 2. The van der Waals surface area contributed by atoms with E-state index < -0.39 is 11.8 Å². The smallest absolute Gasteiger partial charge is 0.313 e. The van der Waals surface area contributed by atoms with Crippen LogP contribution in [0.25, 0.3) is 10.9 Å². The highest BCUT2D eigenvalue weighted by Crippen LogP contribution is 2.26. The van der Waals surface area contributed by atoms with Crippen molar-refractivity contribution >= 4 is 28.4 Å². The Balaban J connectivity index is 1.69. The number of ether oxygens (including phenoxy) is 1. The standard InChI is InChI=1S/C21H21N3O3/c1-13-6-9-19(27-3)17(11-13)14(2)23-20(25)21(26)24-16-7-8-18-15(12-16)5-4-10-22-18/h4-12,14H,1-3H3,(H,23,25)(H,24,26)/t14-/m0/s1. The van der Waals surface area contributed by atoms with Crippen LogP contribution < -0.4 is 15.4 Å². The van der Waals surface area contributed by atoms with Gasteiger partial charge in [-0.25, -0.2) is 0 Å². The zero-order chi connectivity index (χ0) is 19.4. The van der Waals surface area contributed by atoms with Gasteiger partial charge in [-0.3, -0.25) is 14.6 Å². The first kappa shape index (κ1) is 18.4. The van der Waals surface area contributed by atoms with Crippen molar-refractivity contribution in [1.29, 1.82) is 0 Å². The summed E-state index contributed by atoms with van der Waals surface area (Å²) in [6.07, 6.45) is 1.70. The van der Waals surface area contributed by atoms with Crippen LogP contribution in [0.3, 0.4) is 0 Å². The number of rotatable bonds is 4. The molecule has 6 nitrogen and oxygen atoms in total. The van der Waals surface area contributed by atoms with Gasteiger partial charge in [0.05, 0.1) is 18.7 Å². The summed E-state index contributed by atoms with van der Waals surface area (Å²) < 4.78 is 5.34. The molecular weight excluding hydrogens is 342 g/mol. The van der Waals surface area contributed by atoms with E-state index in [1.54, 1.807) is 31.5 Å². The van der Waals surface area contributed by atoms with Crippen molar-refractivity contribution in [1.82, 2.24) is 10.3 Å². The monoisotopic (exact) mass is 363 g/mol. The van der Waals surface area contributed by atoms with Gasteiger partial charge in [-0.2, -0.15) is 0 Å². The Bertz CT molecular complexity index is 1000. The topological polar surface area (TPSA) is 80.3 Å². The number of anilines is 1. The van der Waals surface area contributed by atoms with Gasteiger partial charge in [-0.15, -0.1) is 0 Å². The van der Waals surface area contributed by atoms with E-state index in [0.29, 0.717) is 11.4 Å². The van der Waals surface area contributed by atoms with Gasteiger partial charge in [0, 0.05) is 22.8 Å². The Hall–Kier alpha value is -3.41.